The molecule has 0 aromatic rings. The van der Waals surface area contributed by atoms with Gasteiger partial charge in [-0.1, -0.05) is 6.92 Å². The van der Waals surface area contributed by atoms with Crippen molar-refractivity contribution < 1.29 is 14.3 Å². The van der Waals surface area contributed by atoms with Crippen LogP contribution in [0.15, 0.2) is 0 Å². The molecule has 0 unspecified atom stereocenters. The molecule has 64 valence electrons. The van der Waals surface area contributed by atoms with Gasteiger partial charge in [-0.2, -0.15) is 0 Å². The zero-order chi connectivity index (χ0) is 9.07. The summed E-state index contributed by atoms with van der Waals surface area (Å²) in [6.45, 7) is 6.77. The summed E-state index contributed by atoms with van der Waals surface area (Å²) in [5.74, 6) is -0.936. The van der Waals surface area contributed by atoms with Crippen LogP contribution < -0.4 is 0 Å². The van der Waals surface area contributed by atoms with Crippen molar-refractivity contribution >= 4 is 11.9 Å². The predicted octanol–water partition coefficient (Wildman–Crippen LogP) is 1.51. The lowest BCUT2D eigenvalue weighted by molar-refractivity contribution is -0.165. The number of ether oxygens (including phenoxy) is 1. The van der Waals surface area contributed by atoms with Gasteiger partial charge in [0.15, 0.2) is 0 Å². The van der Waals surface area contributed by atoms with Crippen molar-refractivity contribution in [1.29, 1.82) is 0 Å². The summed E-state index contributed by atoms with van der Waals surface area (Å²) in [6, 6.07) is 0. The SMILES string of the molecule is CCC(=O)OC(=O)C(C)(C)C. The molecule has 0 aliphatic rings. The molecule has 0 rings (SSSR count). The summed E-state index contributed by atoms with van der Waals surface area (Å²) in [7, 11) is 0. The second-order valence-electron chi connectivity index (χ2n) is 3.37. The fourth-order valence-corrected chi connectivity index (χ4v) is 0.329. The van der Waals surface area contributed by atoms with E-state index in [1.807, 2.05) is 0 Å². The van der Waals surface area contributed by atoms with Crippen molar-refractivity contribution in [2.24, 2.45) is 5.41 Å². The maximum absolute atomic E-state index is 11.0. The molecule has 0 aromatic carbocycles. The van der Waals surface area contributed by atoms with Gasteiger partial charge in [0.25, 0.3) is 0 Å². The van der Waals surface area contributed by atoms with Crippen LogP contribution in [0.2, 0.25) is 0 Å². The van der Waals surface area contributed by atoms with Gasteiger partial charge in [-0.05, 0) is 20.8 Å². The summed E-state index contributed by atoms with van der Waals surface area (Å²) in [6.07, 6.45) is 0.238. The zero-order valence-electron chi connectivity index (χ0n) is 7.43. The summed E-state index contributed by atoms with van der Waals surface area (Å²) in [5, 5.41) is 0. The van der Waals surface area contributed by atoms with E-state index in [2.05, 4.69) is 4.74 Å². The minimum absolute atomic E-state index is 0.238. The average molecular weight is 158 g/mol. The Balaban J connectivity index is 3.99. The molecule has 0 spiro atoms. The molecule has 0 saturated heterocycles. The normalized spacial score (nSPS) is 10.9. The highest BCUT2D eigenvalue weighted by Gasteiger charge is 2.24. The monoisotopic (exact) mass is 158 g/mol. The third kappa shape index (κ3) is 3.75. The first-order chi connectivity index (χ1) is 4.88. The Morgan fingerprint density at radius 2 is 1.73 bits per heavy atom. The summed E-state index contributed by atoms with van der Waals surface area (Å²) >= 11 is 0. The first kappa shape index (κ1) is 10.1. The quantitative estimate of drug-likeness (QED) is 0.429. The molecule has 0 aliphatic heterocycles. The molecule has 3 nitrogen and oxygen atoms in total. The molecule has 0 heterocycles. The Morgan fingerprint density at radius 3 is 2.00 bits per heavy atom. The van der Waals surface area contributed by atoms with E-state index in [-0.39, 0.29) is 6.42 Å². The van der Waals surface area contributed by atoms with Crippen molar-refractivity contribution in [3.63, 3.8) is 0 Å². The van der Waals surface area contributed by atoms with Crippen LogP contribution in [-0.4, -0.2) is 11.9 Å². The molecule has 0 aromatic heterocycles. The van der Waals surface area contributed by atoms with Gasteiger partial charge in [0.1, 0.15) is 0 Å². The third-order valence-electron chi connectivity index (χ3n) is 1.11. The van der Waals surface area contributed by atoms with Crippen LogP contribution in [0.4, 0.5) is 0 Å². The molecule has 3 heteroatoms. The standard InChI is InChI=1S/C8H14O3/c1-5-6(9)11-7(10)8(2,3)4/h5H2,1-4H3. The lowest BCUT2D eigenvalue weighted by Crippen LogP contribution is -2.25. The van der Waals surface area contributed by atoms with Crippen LogP contribution in [0.5, 0.6) is 0 Å². The Labute approximate surface area is 66.7 Å². The number of hydrogen-bond donors (Lipinski definition) is 0. The van der Waals surface area contributed by atoms with E-state index in [0.29, 0.717) is 0 Å². The zero-order valence-corrected chi connectivity index (χ0v) is 7.43. The van der Waals surface area contributed by atoms with Crippen molar-refractivity contribution in [3.8, 4) is 0 Å². The first-order valence-corrected chi connectivity index (χ1v) is 3.63. The third-order valence-corrected chi connectivity index (χ3v) is 1.11. The Morgan fingerprint density at radius 1 is 1.27 bits per heavy atom. The smallest absolute Gasteiger partial charge is 0.318 e. The minimum atomic E-state index is -0.592. The highest BCUT2D eigenvalue weighted by Crippen LogP contribution is 2.15. The molecule has 0 amide bonds. The maximum Gasteiger partial charge on any atom is 0.318 e. The van der Waals surface area contributed by atoms with E-state index >= 15 is 0 Å². The second kappa shape index (κ2) is 3.51. The topological polar surface area (TPSA) is 43.4 Å². The maximum atomic E-state index is 11.0. The fraction of sp³-hybridized carbons (Fsp3) is 0.750. The number of carbonyl (C=O) groups is 2. The molecular formula is C8H14O3. The number of hydrogen-bond acceptors (Lipinski definition) is 3. The van der Waals surface area contributed by atoms with Gasteiger partial charge in [0.05, 0.1) is 5.41 Å². The number of carbonyl (C=O) groups excluding carboxylic acids is 2. The largest absolute Gasteiger partial charge is 0.393 e. The summed E-state index contributed by atoms with van der Waals surface area (Å²) in [5.41, 5.74) is -0.592. The molecule has 0 aliphatic carbocycles. The molecule has 0 saturated carbocycles. The molecule has 0 atom stereocenters. The summed E-state index contributed by atoms with van der Waals surface area (Å²) < 4.78 is 4.49. The van der Waals surface area contributed by atoms with E-state index in [1.54, 1.807) is 27.7 Å². The van der Waals surface area contributed by atoms with Gasteiger partial charge < -0.3 is 4.74 Å². The van der Waals surface area contributed by atoms with Gasteiger partial charge in [-0.25, -0.2) is 0 Å². The Bertz CT molecular complexity index is 165. The Kier molecular flexibility index (Phi) is 3.23. The molecule has 0 radical (unpaired) electrons. The van der Waals surface area contributed by atoms with E-state index < -0.39 is 17.4 Å². The van der Waals surface area contributed by atoms with E-state index in [9.17, 15) is 9.59 Å². The highest BCUT2D eigenvalue weighted by molar-refractivity contribution is 5.87. The number of esters is 2. The van der Waals surface area contributed by atoms with E-state index in [4.69, 9.17) is 0 Å². The van der Waals surface area contributed by atoms with Crippen molar-refractivity contribution in [1.82, 2.24) is 0 Å². The van der Waals surface area contributed by atoms with Crippen molar-refractivity contribution in [2.45, 2.75) is 34.1 Å². The molecule has 11 heavy (non-hydrogen) atoms. The van der Waals surface area contributed by atoms with Gasteiger partial charge in [-0.15, -0.1) is 0 Å². The lowest BCUT2D eigenvalue weighted by atomic mass is 9.97. The Hall–Kier alpha value is -0.860. The van der Waals surface area contributed by atoms with Crippen LogP contribution in [0.25, 0.3) is 0 Å². The van der Waals surface area contributed by atoms with Gasteiger partial charge in [-0.3, -0.25) is 9.59 Å². The molecule has 0 fully saturated rings. The van der Waals surface area contributed by atoms with Crippen LogP contribution >= 0.6 is 0 Å². The van der Waals surface area contributed by atoms with Crippen LogP contribution in [0.1, 0.15) is 34.1 Å². The van der Waals surface area contributed by atoms with Crippen LogP contribution in [0, 0.1) is 5.41 Å². The van der Waals surface area contributed by atoms with E-state index in [1.165, 1.54) is 0 Å². The highest BCUT2D eigenvalue weighted by atomic mass is 16.6. The second-order valence-corrected chi connectivity index (χ2v) is 3.37. The van der Waals surface area contributed by atoms with Crippen LogP contribution in [0.3, 0.4) is 0 Å². The van der Waals surface area contributed by atoms with Crippen molar-refractivity contribution in [3.05, 3.63) is 0 Å². The first-order valence-electron chi connectivity index (χ1n) is 3.63. The van der Waals surface area contributed by atoms with Crippen LogP contribution in [-0.2, 0) is 14.3 Å². The minimum Gasteiger partial charge on any atom is -0.393 e. The molecule has 0 N–H and O–H groups in total. The van der Waals surface area contributed by atoms with E-state index in [0.717, 1.165) is 0 Å². The average Bonchev–Trinajstić information content (AvgIpc) is 1.85. The predicted molar refractivity (Wildman–Crippen MR) is 40.8 cm³/mol. The number of rotatable bonds is 1. The van der Waals surface area contributed by atoms with Gasteiger partial charge in [0.2, 0.25) is 0 Å². The lowest BCUT2D eigenvalue weighted by Gasteiger charge is -2.14. The summed E-state index contributed by atoms with van der Waals surface area (Å²) in [4.78, 5) is 21.6. The van der Waals surface area contributed by atoms with Crippen molar-refractivity contribution in [2.75, 3.05) is 0 Å². The molecule has 0 bridgehead atoms. The fourth-order valence-electron chi connectivity index (χ4n) is 0.329. The van der Waals surface area contributed by atoms with Gasteiger partial charge in [0, 0.05) is 6.42 Å². The van der Waals surface area contributed by atoms with Gasteiger partial charge >= 0.3 is 11.9 Å². The molecular weight excluding hydrogens is 144 g/mol.